The summed E-state index contributed by atoms with van der Waals surface area (Å²) in [5.74, 6) is 5.59. The maximum Gasteiger partial charge on any atom is 0.138 e. The van der Waals surface area contributed by atoms with Gasteiger partial charge < -0.3 is 0 Å². The summed E-state index contributed by atoms with van der Waals surface area (Å²) < 4.78 is 13.4. The molecule has 0 unspecified atom stereocenters. The molecular weight excluding hydrogens is 235 g/mol. The molecule has 0 N–H and O–H groups in total. The second-order valence-electron chi connectivity index (χ2n) is 4.29. The van der Waals surface area contributed by atoms with Crippen LogP contribution in [-0.2, 0) is 0 Å². The van der Waals surface area contributed by atoms with E-state index in [-0.39, 0.29) is 5.82 Å². The van der Waals surface area contributed by atoms with Gasteiger partial charge in [-0.1, -0.05) is 54.3 Å². The molecule has 0 saturated heterocycles. The van der Waals surface area contributed by atoms with E-state index in [2.05, 4.69) is 17.9 Å². The first-order chi connectivity index (χ1) is 9.33. The van der Waals surface area contributed by atoms with Crippen LogP contribution in [0.5, 0.6) is 0 Å². The molecule has 0 aromatic heterocycles. The van der Waals surface area contributed by atoms with Gasteiger partial charge in [-0.05, 0) is 35.0 Å². The maximum atomic E-state index is 13.4. The van der Waals surface area contributed by atoms with Crippen molar-refractivity contribution in [3.63, 3.8) is 0 Å². The van der Waals surface area contributed by atoms with E-state index in [1.807, 2.05) is 36.4 Å². The Balaban J connectivity index is 2.01. The Morgan fingerprint density at radius 3 is 2.26 bits per heavy atom. The summed E-state index contributed by atoms with van der Waals surface area (Å²) >= 11 is 0. The fraction of sp³-hybridized carbons (Fsp3) is 0. The maximum absolute atomic E-state index is 13.4. The first-order valence-electron chi connectivity index (χ1n) is 6.08. The van der Waals surface area contributed by atoms with Gasteiger partial charge in [-0.3, -0.25) is 0 Å². The molecule has 0 radical (unpaired) electrons. The van der Waals surface area contributed by atoms with Crippen molar-refractivity contribution >= 4 is 10.8 Å². The summed E-state index contributed by atoms with van der Waals surface area (Å²) in [6.07, 6.45) is 0. The quantitative estimate of drug-likeness (QED) is 0.516. The minimum Gasteiger partial charge on any atom is -0.206 e. The molecule has 3 aromatic carbocycles. The molecule has 0 bridgehead atoms. The van der Waals surface area contributed by atoms with E-state index in [0.717, 1.165) is 10.9 Å². The zero-order valence-electron chi connectivity index (χ0n) is 10.2. The fourth-order valence-corrected chi connectivity index (χ4v) is 1.97. The first kappa shape index (κ1) is 11.5. The number of halogens is 1. The van der Waals surface area contributed by atoms with Gasteiger partial charge in [0.05, 0.1) is 5.56 Å². The summed E-state index contributed by atoms with van der Waals surface area (Å²) in [5, 5.41) is 2.32. The highest BCUT2D eigenvalue weighted by molar-refractivity contribution is 5.83. The highest BCUT2D eigenvalue weighted by Gasteiger charge is 1.96. The summed E-state index contributed by atoms with van der Waals surface area (Å²) in [4.78, 5) is 0. The minimum atomic E-state index is -0.282. The summed E-state index contributed by atoms with van der Waals surface area (Å²) in [6.45, 7) is 0. The van der Waals surface area contributed by atoms with E-state index in [4.69, 9.17) is 0 Å². The van der Waals surface area contributed by atoms with Gasteiger partial charge in [0.1, 0.15) is 5.82 Å². The van der Waals surface area contributed by atoms with Gasteiger partial charge in [0.2, 0.25) is 0 Å². The minimum absolute atomic E-state index is 0.282. The number of rotatable bonds is 0. The smallest absolute Gasteiger partial charge is 0.138 e. The largest absolute Gasteiger partial charge is 0.206 e. The molecule has 0 aliphatic heterocycles. The van der Waals surface area contributed by atoms with Crippen molar-refractivity contribution in [3.05, 3.63) is 83.7 Å². The summed E-state index contributed by atoms with van der Waals surface area (Å²) in [6, 6.07) is 20.7. The van der Waals surface area contributed by atoms with Crippen LogP contribution in [0.2, 0.25) is 0 Å². The Morgan fingerprint density at radius 1 is 0.684 bits per heavy atom. The third-order valence-corrected chi connectivity index (χ3v) is 2.96. The Morgan fingerprint density at radius 2 is 1.42 bits per heavy atom. The fourth-order valence-electron chi connectivity index (χ4n) is 1.97. The Labute approximate surface area is 111 Å². The van der Waals surface area contributed by atoms with Gasteiger partial charge in [-0.2, -0.15) is 0 Å². The SMILES string of the molecule is Fc1ccccc1C#Cc1ccc2ccccc2c1. The number of hydrogen-bond donors (Lipinski definition) is 0. The van der Waals surface area contributed by atoms with Gasteiger partial charge in [-0.25, -0.2) is 4.39 Å². The molecule has 0 amide bonds. The zero-order valence-corrected chi connectivity index (χ0v) is 10.2. The third kappa shape index (κ3) is 2.48. The lowest BCUT2D eigenvalue weighted by atomic mass is 10.1. The van der Waals surface area contributed by atoms with Crippen molar-refractivity contribution in [2.45, 2.75) is 0 Å². The van der Waals surface area contributed by atoms with E-state index >= 15 is 0 Å². The lowest BCUT2D eigenvalue weighted by Crippen LogP contribution is -1.82. The predicted octanol–water partition coefficient (Wildman–Crippen LogP) is 4.38. The second kappa shape index (κ2) is 4.96. The average Bonchev–Trinajstić information content (AvgIpc) is 2.46. The molecule has 0 spiro atoms. The Kier molecular flexibility index (Phi) is 3.00. The normalized spacial score (nSPS) is 9.95. The van der Waals surface area contributed by atoms with Crippen LogP contribution in [0.25, 0.3) is 10.8 Å². The standard InChI is InChI=1S/C18H11F/c19-18-8-4-3-6-16(18)12-10-14-9-11-15-5-1-2-7-17(15)13-14/h1-9,11,13H. The van der Waals surface area contributed by atoms with Crippen LogP contribution in [0, 0.1) is 17.7 Å². The van der Waals surface area contributed by atoms with Crippen LogP contribution in [0.4, 0.5) is 4.39 Å². The summed E-state index contributed by atoms with van der Waals surface area (Å²) in [5.41, 5.74) is 1.32. The predicted molar refractivity (Wildman–Crippen MR) is 76.3 cm³/mol. The van der Waals surface area contributed by atoms with E-state index in [1.165, 1.54) is 11.5 Å². The van der Waals surface area contributed by atoms with Gasteiger partial charge in [0.15, 0.2) is 0 Å². The third-order valence-electron chi connectivity index (χ3n) is 2.96. The molecule has 3 aromatic rings. The molecule has 0 fully saturated rings. The van der Waals surface area contributed by atoms with Crippen LogP contribution in [0.1, 0.15) is 11.1 Å². The van der Waals surface area contributed by atoms with Crippen molar-refractivity contribution in [2.24, 2.45) is 0 Å². The molecule has 0 heterocycles. The van der Waals surface area contributed by atoms with Crippen molar-refractivity contribution in [1.82, 2.24) is 0 Å². The lowest BCUT2D eigenvalue weighted by molar-refractivity contribution is 0.624. The molecule has 3 rings (SSSR count). The van der Waals surface area contributed by atoms with E-state index in [9.17, 15) is 4.39 Å². The van der Waals surface area contributed by atoms with Gasteiger partial charge in [-0.15, -0.1) is 0 Å². The lowest BCUT2D eigenvalue weighted by Gasteiger charge is -1.97. The van der Waals surface area contributed by atoms with Crippen LogP contribution in [0.15, 0.2) is 66.7 Å². The van der Waals surface area contributed by atoms with Crippen molar-refractivity contribution in [2.75, 3.05) is 0 Å². The molecule has 0 saturated carbocycles. The molecular formula is C18H11F. The highest BCUT2D eigenvalue weighted by Crippen LogP contribution is 2.15. The monoisotopic (exact) mass is 246 g/mol. The molecule has 19 heavy (non-hydrogen) atoms. The summed E-state index contributed by atoms with van der Waals surface area (Å²) in [7, 11) is 0. The molecule has 90 valence electrons. The number of benzene rings is 3. The van der Waals surface area contributed by atoms with E-state index < -0.39 is 0 Å². The molecule has 0 nitrogen and oxygen atoms in total. The van der Waals surface area contributed by atoms with Gasteiger partial charge in [0.25, 0.3) is 0 Å². The van der Waals surface area contributed by atoms with Crippen molar-refractivity contribution in [1.29, 1.82) is 0 Å². The van der Waals surface area contributed by atoms with E-state index in [0.29, 0.717) is 5.56 Å². The van der Waals surface area contributed by atoms with Gasteiger partial charge in [0, 0.05) is 5.56 Å². The average molecular weight is 246 g/mol. The second-order valence-corrected chi connectivity index (χ2v) is 4.29. The molecule has 1 heteroatoms. The topological polar surface area (TPSA) is 0 Å². The van der Waals surface area contributed by atoms with Gasteiger partial charge >= 0.3 is 0 Å². The van der Waals surface area contributed by atoms with E-state index in [1.54, 1.807) is 18.2 Å². The van der Waals surface area contributed by atoms with Crippen molar-refractivity contribution < 1.29 is 4.39 Å². The molecule has 0 aliphatic rings. The van der Waals surface area contributed by atoms with Crippen LogP contribution >= 0.6 is 0 Å². The first-order valence-corrected chi connectivity index (χ1v) is 6.08. The van der Waals surface area contributed by atoms with Crippen molar-refractivity contribution in [3.8, 4) is 11.8 Å². The van der Waals surface area contributed by atoms with Crippen LogP contribution < -0.4 is 0 Å². The molecule has 0 aliphatic carbocycles. The Bertz CT molecular complexity index is 791. The molecule has 0 atom stereocenters. The number of fused-ring (bicyclic) bond motifs is 1. The zero-order chi connectivity index (χ0) is 13.1. The van der Waals surface area contributed by atoms with Crippen LogP contribution in [0.3, 0.4) is 0 Å². The highest BCUT2D eigenvalue weighted by atomic mass is 19.1. The Hall–Kier alpha value is -2.59. The number of hydrogen-bond acceptors (Lipinski definition) is 0. The van der Waals surface area contributed by atoms with Crippen LogP contribution in [-0.4, -0.2) is 0 Å².